The van der Waals surface area contributed by atoms with Crippen molar-refractivity contribution < 1.29 is 0 Å². The first-order valence-corrected chi connectivity index (χ1v) is 5.80. The van der Waals surface area contributed by atoms with E-state index in [1.54, 1.807) is 6.20 Å². The Labute approximate surface area is 98.5 Å². The molecule has 0 fully saturated rings. The predicted molar refractivity (Wildman–Crippen MR) is 70.5 cm³/mol. The van der Waals surface area contributed by atoms with Crippen LogP contribution in [0.15, 0.2) is 35.3 Å². The zero-order chi connectivity index (χ0) is 12.0. The highest BCUT2D eigenvalue weighted by Crippen LogP contribution is 2.28. The van der Waals surface area contributed by atoms with Gasteiger partial charge in [-0.05, 0) is 12.0 Å². The second-order valence-corrected chi connectivity index (χ2v) is 4.65. The van der Waals surface area contributed by atoms with Gasteiger partial charge in [0.2, 0.25) is 0 Å². The number of aromatic nitrogens is 2. The molecule has 0 amide bonds. The van der Waals surface area contributed by atoms with E-state index >= 15 is 0 Å². The van der Waals surface area contributed by atoms with E-state index in [1.807, 2.05) is 24.3 Å². The standard InChI is InChI=1S/C14H14N2O/c1-8(2)13-12-9-5-3-4-6-11(9)16-14(17)10(12)7-15-13/h3-8,15H,1-2H3,(H,16,17). The molecule has 2 N–H and O–H groups in total. The Balaban J connectivity index is 2.61. The van der Waals surface area contributed by atoms with E-state index < -0.39 is 0 Å². The normalized spacial score (nSPS) is 11.7. The zero-order valence-electron chi connectivity index (χ0n) is 9.87. The lowest BCUT2D eigenvalue weighted by Gasteiger charge is -2.05. The summed E-state index contributed by atoms with van der Waals surface area (Å²) < 4.78 is 0. The lowest BCUT2D eigenvalue weighted by molar-refractivity contribution is 0.841. The van der Waals surface area contributed by atoms with Gasteiger partial charge >= 0.3 is 0 Å². The highest BCUT2D eigenvalue weighted by Gasteiger charge is 2.12. The van der Waals surface area contributed by atoms with Crippen molar-refractivity contribution in [2.75, 3.05) is 0 Å². The molecule has 0 aliphatic heterocycles. The molecule has 2 aromatic heterocycles. The third kappa shape index (κ3) is 1.39. The van der Waals surface area contributed by atoms with Gasteiger partial charge in [-0.2, -0.15) is 0 Å². The number of hydrogen-bond acceptors (Lipinski definition) is 1. The molecule has 3 heteroatoms. The SMILES string of the molecule is CC(C)c1[nH]cc2c(=O)[nH]c3ccccc3c12. The van der Waals surface area contributed by atoms with Gasteiger partial charge in [0.15, 0.2) is 0 Å². The second kappa shape index (κ2) is 3.48. The van der Waals surface area contributed by atoms with Crippen LogP contribution in [0.2, 0.25) is 0 Å². The average Bonchev–Trinajstić information content (AvgIpc) is 2.74. The molecule has 3 nitrogen and oxygen atoms in total. The molecule has 3 rings (SSSR count). The topological polar surface area (TPSA) is 48.6 Å². The van der Waals surface area contributed by atoms with Crippen LogP contribution in [0.5, 0.6) is 0 Å². The molecule has 0 atom stereocenters. The maximum atomic E-state index is 12.0. The molecule has 0 saturated carbocycles. The molecular formula is C14H14N2O. The van der Waals surface area contributed by atoms with Crippen LogP contribution >= 0.6 is 0 Å². The number of para-hydroxylation sites is 1. The van der Waals surface area contributed by atoms with Gasteiger partial charge in [-0.1, -0.05) is 32.0 Å². The largest absolute Gasteiger partial charge is 0.363 e. The lowest BCUT2D eigenvalue weighted by atomic mass is 10.0. The van der Waals surface area contributed by atoms with Crippen molar-refractivity contribution in [2.24, 2.45) is 0 Å². The molecule has 0 spiro atoms. The van der Waals surface area contributed by atoms with Crippen LogP contribution in [-0.2, 0) is 0 Å². The molecule has 0 saturated heterocycles. The fraction of sp³-hybridized carbons (Fsp3) is 0.214. The minimum absolute atomic E-state index is 0.0261. The maximum absolute atomic E-state index is 12.0. The lowest BCUT2D eigenvalue weighted by Crippen LogP contribution is -2.05. The monoisotopic (exact) mass is 226 g/mol. The highest BCUT2D eigenvalue weighted by atomic mass is 16.1. The van der Waals surface area contributed by atoms with E-state index in [2.05, 4.69) is 23.8 Å². The third-order valence-corrected chi connectivity index (χ3v) is 3.18. The number of rotatable bonds is 1. The van der Waals surface area contributed by atoms with Gasteiger partial charge in [-0.3, -0.25) is 4.79 Å². The van der Waals surface area contributed by atoms with Crippen LogP contribution in [0.25, 0.3) is 21.7 Å². The van der Waals surface area contributed by atoms with Gasteiger partial charge in [0.25, 0.3) is 5.56 Å². The number of nitrogens with one attached hydrogen (secondary N) is 2. The Hall–Kier alpha value is -2.03. The minimum Gasteiger partial charge on any atom is -0.363 e. The van der Waals surface area contributed by atoms with Crippen molar-refractivity contribution in [1.82, 2.24) is 9.97 Å². The Morgan fingerprint density at radius 3 is 2.65 bits per heavy atom. The van der Waals surface area contributed by atoms with Crippen molar-refractivity contribution in [3.8, 4) is 0 Å². The van der Waals surface area contributed by atoms with E-state index in [0.29, 0.717) is 5.92 Å². The van der Waals surface area contributed by atoms with Gasteiger partial charge in [0, 0.05) is 28.2 Å². The Bertz CT molecular complexity index is 750. The second-order valence-electron chi connectivity index (χ2n) is 4.65. The molecule has 17 heavy (non-hydrogen) atoms. The smallest absolute Gasteiger partial charge is 0.257 e. The predicted octanol–water partition coefficient (Wildman–Crippen LogP) is 3.13. The highest BCUT2D eigenvalue weighted by molar-refractivity contribution is 6.07. The molecular weight excluding hydrogens is 212 g/mol. The Morgan fingerprint density at radius 2 is 1.88 bits per heavy atom. The van der Waals surface area contributed by atoms with E-state index in [0.717, 1.165) is 27.4 Å². The molecule has 2 heterocycles. The summed E-state index contributed by atoms with van der Waals surface area (Å²) in [5.74, 6) is 0.373. The molecule has 0 aliphatic rings. The van der Waals surface area contributed by atoms with Crippen LogP contribution in [0, 0.1) is 0 Å². The fourth-order valence-electron chi connectivity index (χ4n) is 2.36. The van der Waals surface area contributed by atoms with Crippen LogP contribution in [-0.4, -0.2) is 9.97 Å². The Morgan fingerprint density at radius 1 is 1.12 bits per heavy atom. The molecule has 0 radical (unpaired) electrons. The minimum atomic E-state index is -0.0261. The third-order valence-electron chi connectivity index (χ3n) is 3.18. The summed E-state index contributed by atoms with van der Waals surface area (Å²) in [6.45, 7) is 4.25. The molecule has 86 valence electrons. The van der Waals surface area contributed by atoms with Gasteiger partial charge in [0.1, 0.15) is 0 Å². The first-order valence-electron chi connectivity index (χ1n) is 5.80. The van der Waals surface area contributed by atoms with Crippen molar-refractivity contribution in [3.05, 3.63) is 46.5 Å². The van der Waals surface area contributed by atoms with E-state index in [4.69, 9.17) is 0 Å². The summed E-state index contributed by atoms with van der Waals surface area (Å²) >= 11 is 0. The summed E-state index contributed by atoms with van der Waals surface area (Å²) in [5.41, 5.74) is 2.00. The maximum Gasteiger partial charge on any atom is 0.257 e. The average molecular weight is 226 g/mol. The number of H-pyrrole nitrogens is 2. The summed E-state index contributed by atoms with van der Waals surface area (Å²) in [4.78, 5) is 18.1. The van der Waals surface area contributed by atoms with Gasteiger partial charge in [0.05, 0.1) is 5.39 Å². The summed E-state index contributed by atoms with van der Waals surface area (Å²) in [5, 5.41) is 2.90. The number of fused-ring (bicyclic) bond motifs is 3. The van der Waals surface area contributed by atoms with E-state index in [-0.39, 0.29) is 5.56 Å². The fourth-order valence-corrected chi connectivity index (χ4v) is 2.36. The number of pyridine rings is 1. The van der Waals surface area contributed by atoms with Crippen LogP contribution in [0.1, 0.15) is 25.5 Å². The molecule has 3 aromatic rings. The Kier molecular flexibility index (Phi) is 2.08. The van der Waals surface area contributed by atoms with Crippen molar-refractivity contribution >= 4 is 21.7 Å². The first-order chi connectivity index (χ1) is 8.18. The van der Waals surface area contributed by atoms with Crippen LogP contribution in [0.3, 0.4) is 0 Å². The molecule has 0 aliphatic carbocycles. The van der Waals surface area contributed by atoms with E-state index in [9.17, 15) is 4.79 Å². The zero-order valence-corrected chi connectivity index (χ0v) is 9.87. The van der Waals surface area contributed by atoms with Crippen LogP contribution < -0.4 is 5.56 Å². The van der Waals surface area contributed by atoms with Crippen molar-refractivity contribution in [3.63, 3.8) is 0 Å². The van der Waals surface area contributed by atoms with Gasteiger partial charge in [-0.15, -0.1) is 0 Å². The van der Waals surface area contributed by atoms with E-state index in [1.165, 1.54) is 0 Å². The number of benzene rings is 1. The van der Waals surface area contributed by atoms with Gasteiger partial charge < -0.3 is 9.97 Å². The summed E-state index contributed by atoms with van der Waals surface area (Å²) in [6.07, 6.45) is 1.80. The number of aromatic amines is 2. The summed E-state index contributed by atoms with van der Waals surface area (Å²) in [7, 11) is 0. The summed E-state index contributed by atoms with van der Waals surface area (Å²) in [6, 6.07) is 7.92. The molecule has 0 unspecified atom stereocenters. The van der Waals surface area contributed by atoms with Crippen molar-refractivity contribution in [2.45, 2.75) is 19.8 Å². The molecule has 0 bridgehead atoms. The number of hydrogen-bond donors (Lipinski definition) is 2. The molecule has 1 aromatic carbocycles. The quantitative estimate of drug-likeness (QED) is 0.658. The van der Waals surface area contributed by atoms with Crippen molar-refractivity contribution in [1.29, 1.82) is 0 Å². The first kappa shape index (κ1) is 10.1. The van der Waals surface area contributed by atoms with Crippen LogP contribution in [0.4, 0.5) is 0 Å². The van der Waals surface area contributed by atoms with Gasteiger partial charge in [-0.25, -0.2) is 0 Å².